The van der Waals surface area contributed by atoms with Crippen LogP contribution < -0.4 is 5.32 Å². The molecule has 1 aromatic carbocycles. The minimum Gasteiger partial charge on any atom is -0.307 e. The van der Waals surface area contributed by atoms with Gasteiger partial charge in [-0.05, 0) is 61.6 Å². The molecule has 1 nitrogen and oxygen atoms in total. The molecule has 20 heavy (non-hydrogen) atoms. The monoisotopic (exact) mass is 337 g/mol. The summed E-state index contributed by atoms with van der Waals surface area (Å²) in [5.41, 5.74) is 1.86. The molecule has 2 rings (SSSR count). The van der Waals surface area contributed by atoms with Crippen molar-refractivity contribution in [3.05, 3.63) is 34.3 Å². The number of nitrogens with one attached hydrogen (secondary N) is 1. The fourth-order valence-electron chi connectivity index (χ4n) is 3.33. The Labute approximate surface area is 132 Å². The zero-order chi connectivity index (χ0) is 14.8. The van der Waals surface area contributed by atoms with Gasteiger partial charge in [-0.3, -0.25) is 0 Å². The van der Waals surface area contributed by atoms with E-state index in [9.17, 15) is 0 Å². The van der Waals surface area contributed by atoms with E-state index < -0.39 is 0 Å². The van der Waals surface area contributed by atoms with Crippen LogP contribution in [0.15, 0.2) is 28.7 Å². The average Bonchev–Trinajstić information content (AvgIpc) is 2.39. The molecule has 0 spiro atoms. The fraction of sp³-hybridized carbons (Fsp3) is 0.667. The first-order valence-electron chi connectivity index (χ1n) is 7.88. The molecule has 0 aliphatic heterocycles. The van der Waals surface area contributed by atoms with E-state index in [4.69, 9.17) is 0 Å². The van der Waals surface area contributed by atoms with Gasteiger partial charge in [0.15, 0.2) is 0 Å². The largest absolute Gasteiger partial charge is 0.307 e. The predicted octanol–water partition coefficient (Wildman–Crippen LogP) is 5.70. The third-order valence-corrected chi connectivity index (χ3v) is 5.34. The van der Waals surface area contributed by atoms with Crippen LogP contribution in [0.4, 0.5) is 0 Å². The zero-order valence-electron chi connectivity index (χ0n) is 13.2. The molecule has 0 unspecified atom stereocenters. The van der Waals surface area contributed by atoms with E-state index in [1.54, 1.807) is 0 Å². The second kappa shape index (κ2) is 6.62. The Hall–Kier alpha value is -0.340. The van der Waals surface area contributed by atoms with Crippen molar-refractivity contribution in [1.29, 1.82) is 0 Å². The first-order chi connectivity index (χ1) is 9.36. The molecule has 0 amide bonds. The number of benzene rings is 1. The van der Waals surface area contributed by atoms with Gasteiger partial charge in [-0.1, -0.05) is 48.8 Å². The second-order valence-electron chi connectivity index (χ2n) is 7.35. The highest BCUT2D eigenvalue weighted by atomic mass is 79.9. The van der Waals surface area contributed by atoms with Gasteiger partial charge in [0.25, 0.3) is 0 Å². The van der Waals surface area contributed by atoms with E-state index in [1.807, 2.05) is 0 Å². The second-order valence-corrected chi connectivity index (χ2v) is 8.27. The summed E-state index contributed by atoms with van der Waals surface area (Å²) in [6, 6.07) is 9.81. The molecule has 1 saturated carbocycles. The van der Waals surface area contributed by atoms with Crippen LogP contribution in [-0.4, -0.2) is 6.04 Å². The molecule has 1 aliphatic carbocycles. The van der Waals surface area contributed by atoms with Crippen LogP contribution >= 0.6 is 15.9 Å². The van der Waals surface area contributed by atoms with Crippen LogP contribution in [-0.2, 0) is 0 Å². The topological polar surface area (TPSA) is 12.0 Å². The number of hydrogen-bond acceptors (Lipinski definition) is 1. The third-order valence-electron chi connectivity index (χ3n) is 4.81. The Morgan fingerprint density at radius 3 is 2.10 bits per heavy atom. The van der Waals surface area contributed by atoms with Crippen molar-refractivity contribution in [2.24, 2.45) is 11.3 Å². The van der Waals surface area contributed by atoms with Gasteiger partial charge >= 0.3 is 0 Å². The van der Waals surface area contributed by atoms with Gasteiger partial charge < -0.3 is 5.32 Å². The first kappa shape index (κ1) is 16.0. The Bertz CT molecular complexity index is 410. The minimum absolute atomic E-state index is 0.444. The summed E-state index contributed by atoms with van der Waals surface area (Å²) < 4.78 is 1.15. The Morgan fingerprint density at radius 2 is 1.60 bits per heavy atom. The normalized spacial score (nSPS) is 25.4. The van der Waals surface area contributed by atoms with Crippen molar-refractivity contribution in [2.75, 3.05) is 0 Å². The molecule has 0 aromatic heterocycles. The van der Waals surface area contributed by atoms with E-state index >= 15 is 0 Å². The summed E-state index contributed by atoms with van der Waals surface area (Å²) in [5, 5.41) is 3.81. The molecular formula is C18H28BrN. The predicted molar refractivity (Wildman–Crippen MR) is 90.9 cm³/mol. The van der Waals surface area contributed by atoms with Crippen LogP contribution in [0.2, 0.25) is 0 Å². The smallest absolute Gasteiger partial charge is 0.0294 e. The molecule has 0 saturated heterocycles. The van der Waals surface area contributed by atoms with Crippen LogP contribution in [0.1, 0.15) is 65.0 Å². The summed E-state index contributed by atoms with van der Waals surface area (Å²) in [4.78, 5) is 0. The fourth-order valence-corrected chi connectivity index (χ4v) is 3.59. The van der Waals surface area contributed by atoms with Crippen molar-refractivity contribution >= 4 is 15.9 Å². The van der Waals surface area contributed by atoms with Gasteiger partial charge in [0.05, 0.1) is 0 Å². The van der Waals surface area contributed by atoms with E-state index in [1.165, 1.54) is 31.2 Å². The zero-order valence-corrected chi connectivity index (χ0v) is 14.8. The number of rotatable bonds is 3. The van der Waals surface area contributed by atoms with E-state index in [0.29, 0.717) is 17.5 Å². The molecule has 0 bridgehead atoms. The van der Waals surface area contributed by atoms with E-state index in [2.05, 4.69) is 73.2 Å². The maximum Gasteiger partial charge on any atom is 0.0294 e. The van der Waals surface area contributed by atoms with Gasteiger partial charge in [0, 0.05) is 16.6 Å². The average molecular weight is 338 g/mol. The lowest BCUT2D eigenvalue weighted by Crippen LogP contribution is -2.37. The van der Waals surface area contributed by atoms with Crippen LogP contribution in [0.3, 0.4) is 0 Å². The highest BCUT2D eigenvalue weighted by Crippen LogP contribution is 2.38. The van der Waals surface area contributed by atoms with Crippen LogP contribution in [0.25, 0.3) is 0 Å². The summed E-state index contributed by atoms with van der Waals surface area (Å²) in [6.07, 6.45) is 5.38. The first-order valence-corrected chi connectivity index (χ1v) is 8.67. The van der Waals surface area contributed by atoms with Gasteiger partial charge in [0.1, 0.15) is 0 Å². The van der Waals surface area contributed by atoms with Crippen molar-refractivity contribution in [3.8, 4) is 0 Å². The molecule has 2 heteroatoms. The summed E-state index contributed by atoms with van der Waals surface area (Å²) in [5.74, 6) is 0.892. The van der Waals surface area contributed by atoms with Gasteiger partial charge in [-0.15, -0.1) is 0 Å². The number of hydrogen-bond donors (Lipinski definition) is 1. The quantitative estimate of drug-likeness (QED) is 0.745. The lowest BCUT2D eigenvalue weighted by atomic mass is 9.71. The molecule has 0 radical (unpaired) electrons. The molecule has 1 aromatic rings. The van der Waals surface area contributed by atoms with Gasteiger partial charge in [-0.2, -0.15) is 0 Å². The maximum absolute atomic E-state index is 3.81. The van der Waals surface area contributed by atoms with Crippen molar-refractivity contribution in [1.82, 2.24) is 5.32 Å². The van der Waals surface area contributed by atoms with Crippen LogP contribution in [0.5, 0.6) is 0 Å². The molecule has 112 valence electrons. The summed E-state index contributed by atoms with van der Waals surface area (Å²) >= 11 is 3.50. The molecule has 1 N–H and O–H groups in total. The lowest BCUT2D eigenvalue weighted by Gasteiger charge is -2.38. The van der Waals surface area contributed by atoms with Crippen molar-refractivity contribution in [2.45, 2.75) is 65.5 Å². The highest BCUT2D eigenvalue weighted by Gasteiger charge is 2.29. The summed E-state index contributed by atoms with van der Waals surface area (Å²) in [7, 11) is 0. The SMILES string of the molecule is C[C@@H](NC1CCC(C(C)(C)C)CC1)c1ccc(Br)cc1. The Kier molecular flexibility index (Phi) is 5.30. The Morgan fingerprint density at radius 1 is 1.05 bits per heavy atom. The Balaban J connectivity index is 1.85. The molecule has 1 fully saturated rings. The van der Waals surface area contributed by atoms with E-state index in [0.717, 1.165) is 10.4 Å². The number of halogens is 1. The van der Waals surface area contributed by atoms with Crippen molar-refractivity contribution in [3.63, 3.8) is 0 Å². The van der Waals surface area contributed by atoms with E-state index in [-0.39, 0.29) is 0 Å². The molecule has 1 atom stereocenters. The standard InChI is InChI=1S/C18H28BrN/c1-13(14-5-9-16(19)10-6-14)20-17-11-7-15(8-12-17)18(2,3)4/h5-6,9-10,13,15,17,20H,7-8,11-12H2,1-4H3/t13-,15?,17?/m1/s1. The molecular weight excluding hydrogens is 310 g/mol. The lowest BCUT2D eigenvalue weighted by molar-refractivity contribution is 0.157. The highest BCUT2D eigenvalue weighted by molar-refractivity contribution is 9.10. The van der Waals surface area contributed by atoms with Gasteiger partial charge in [0.2, 0.25) is 0 Å². The molecule has 0 heterocycles. The van der Waals surface area contributed by atoms with Crippen LogP contribution in [0, 0.1) is 11.3 Å². The third kappa shape index (κ3) is 4.33. The van der Waals surface area contributed by atoms with Gasteiger partial charge in [-0.25, -0.2) is 0 Å². The maximum atomic E-state index is 3.81. The molecule has 1 aliphatic rings. The minimum atomic E-state index is 0.444. The summed E-state index contributed by atoms with van der Waals surface area (Å²) in [6.45, 7) is 9.43. The van der Waals surface area contributed by atoms with Crippen molar-refractivity contribution < 1.29 is 0 Å².